The van der Waals surface area contributed by atoms with E-state index < -0.39 is 29.0 Å². The summed E-state index contributed by atoms with van der Waals surface area (Å²) in [6.07, 6.45) is 0.733. The van der Waals surface area contributed by atoms with E-state index in [1.54, 1.807) is 6.92 Å². The van der Waals surface area contributed by atoms with Crippen LogP contribution in [0.2, 0.25) is 5.02 Å². The lowest BCUT2D eigenvalue weighted by Crippen LogP contribution is -2.46. The summed E-state index contributed by atoms with van der Waals surface area (Å²) in [5.41, 5.74) is -1.69. The lowest BCUT2D eigenvalue weighted by molar-refractivity contribution is 0.00827. The lowest BCUT2D eigenvalue weighted by atomic mass is 9.89. The zero-order valence-electron chi connectivity index (χ0n) is 12.1. The third-order valence-corrected chi connectivity index (χ3v) is 3.74. The molecule has 0 aromatic heterocycles. The summed E-state index contributed by atoms with van der Waals surface area (Å²) in [5.74, 6) is -1.98. The monoisotopic (exact) mass is 320 g/mol. The Morgan fingerprint density at radius 3 is 2.43 bits per heavy atom. The summed E-state index contributed by atoms with van der Waals surface area (Å²) in [7, 11) is 0. The predicted molar refractivity (Wildman–Crippen MR) is 78.5 cm³/mol. The average Bonchev–Trinajstić information content (AvgIpc) is 2.39. The zero-order chi connectivity index (χ0) is 16.2. The SMILES string of the molecule is CCC(C)C(C)(O)CNC(=O)Nc1c(F)cc(Cl)cc1F. The fraction of sp³-hybridized carbons (Fsp3) is 0.500. The maximum atomic E-state index is 13.5. The number of carbonyl (C=O) groups is 1. The Kier molecular flexibility index (Phi) is 5.92. The standard InChI is InChI=1S/C14H19ClF2N2O2/c1-4-8(2)14(3,21)7-18-13(20)19-12-10(16)5-9(15)6-11(12)17/h5-6,8,21H,4,7H2,1-3H3,(H2,18,19,20). The Balaban J connectivity index is 2.67. The minimum absolute atomic E-state index is 0.0370. The number of carbonyl (C=O) groups excluding carboxylic acids is 1. The van der Waals surface area contributed by atoms with Gasteiger partial charge >= 0.3 is 6.03 Å². The molecule has 1 aromatic rings. The van der Waals surface area contributed by atoms with Crippen molar-refractivity contribution in [3.05, 3.63) is 28.8 Å². The number of hydrogen-bond donors (Lipinski definition) is 3. The number of benzene rings is 1. The Bertz CT molecular complexity index is 501. The Hall–Kier alpha value is -1.40. The molecule has 0 aliphatic heterocycles. The summed E-state index contributed by atoms with van der Waals surface area (Å²) < 4.78 is 27.0. The van der Waals surface area contributed by atoms with Crippen LogP contribution in [-0.4, -0.2) is 23.3 Å². The van der Waals surface area contributed by atoms with Crippen LogP contribution < -0.4 is 10.6 Å². The average molecular weight is 321 g/mol. The molecule has 2 amide bonds. The molecule has 21 heavy (non-hydrogen) atoms. The number of aliphatic hydroxyl groups is 1. The molecule has 0 saturated carbocycles. The fourth-order valence-electron chi connectivity index (χ4n) is 1.69. The molecule has 7 heteroatoms. The van der Waals surface area contributed by atoms with Crippen LogP contribution in [0, 0.1) is 17.6 Å². The molecule has 4 nitrogen and oxygen atoms in total. The van der Waals surface area contributed by atoms with Crippen molar-refractivity contribution in [2.75, 3.05) is 11.9 Å². The maximum Gasteiger partial charge on any atom is 0.319 e. The highest BCUT2D eigenvalue weighted by atomic mass is 35.5. The molecule has 0 spiro atoms. The van der Waals surface area contributed by atoms with E-state index in [0.29, 0.717) is 0 Å². The van der Waals surface area contributed by atoms with E-state index in [0.717, 1.165) is 18.6 Å². The molecule has 0 fully saturated rings. The van der Waals surface area contributed by atoms with Gasteiger partial charge in [0.15, 0.2) is 11.6 Å². The van der Waals surface area contributed by atoms with E-state index >= 15 is 0 Å². The van der Waals surface area contributed by atoms with Crippen LogP contribution in [0.1, 0.15) is 27.2 Å². The van der Waals surface area contributed by atoms with Gasteiger partial charge in [-0.15, -0.1) is 0 Å². The van der Waals surface area contributed by atoms with Gasteiger partial charge in [-0.2, -0.15) is 0 Å². The molecule has 2 atom stereocenters. The van der Waals surface area contributed by atoms with Crippen LogP contribution in [0.5, 0.6) is 0 Å². The van der Waals surface area contributed by atoms with Crippen molar-refractivity contribution in [1.82, 2.24) is 5.32 Å². The molecule has 0 aliphatic carbocycles. The van der Waals surface area contributed by atoms with Gasteiger partial charge in [0.05, 0.1) is 5.60 Å². The van der Waals surface area contributed by atoms with Crippen LogP contribution in [0.15, 0.2) is 12.1 Å². The van der Waals surface area contributed by atoms with Gasteiger partial charge in [0.1, 0.15) is 5.69 Å². The minimum Gasteiger partial charge on any atom is -0.388 e. The number of urea groups is 1. The maximum absolute atomic E-state index is 13.5. The van der Waals surface area contributed by atoms with Crippen molar-refractivity contribution in [3.8, 4) is 0 Å². The highest BCUT2D eigenvalue weighted by Crippen LogP contribution is 2.23. The summed E-state index contributed by atoms with van der Waals surface area (Å²) >= 11 is 5.49. The van der Waals surface area contributed by atoms with E-state index in [-0.39, 0.29) is 17.5 Å². The number of hydrogen-bond acceptors (Lipinski definition) is 2. The van der Waals surface area contributed by atoms with Gasteiger partial charge in [0.25, 0.3) is 0 Å². The summed E-state index contributed by atoms with van der Waals surface area (Å²) in [5, 5.41) is 14.5. The molecule has 3 N–H and O–H groups in total. The van der Waals surface area contributed by atoms with Gasteiger partial charge in [0, 0.05) is 11.6 Å². The van der Waals surface area contributed by atoms with E-state index in [1.165, 1.54) is 0 Å². The highest BCUT2D eigenvalue weighted by Gasteiger charge is 2.27. The third-order valence-electron chi connectivity index (χ3n) is 3.53. The van der Waals surface area contributed by atoms with Crippen molar-refractivity contribution in [2.24, 2.45) is 5.92 Å². The van der Waals surface area contributed by atoms with E-state index in [1.807, 2.05) is 13.8 Å². The molecule has 0 saturated heterocycles. The van der Waals surface area contributed by atoms with Crippen molar-refractivity contribution >= 4 is 23.3 Å². The number of amides is 2. The molecule has 1 aromatic carbocycles. The number of halogens is 3. The summed E-state index contributed by atoms with van der Waals surface area (Å²) in [6.45, 7) is 5.31. The topological polar surface area (TPSA) is 61.4 Å². The van der Waals surface area contributed by atoms with Crippen molar-refractivity contribution in [2.45, 2.75) is 32.8 Å². The van der Waals surface area contributed by atoms with Crippen LogP contribution in [0.4, 0.5) is 19.3 Å². The Morgan fingerprint density at radius 2 is 1.95 bits per heavy atom. The second-order valence-corrected chi connectivity index (χ2v) is 5.66. The van der Waals surface area contributed by atoms with Crippen molar-refractivity contribution in [3.63, 3.8) is 0 Å². The van der Waals surface area contributed by atoms with E-state index in [9.17, 15) is 18.7 Å². The van der Waals surface area contributed by atoms with E-state index in [2.05, 4.69) is 10.6 Å². The molecule has 0 aliphatic rings. The first-order valence-corrected chi connectivity index (χ1v) is 6.97. The molecular weight excluding hydrogens is 302 g/mol. The molecular formula is C14H19ClF2N2O2. The van der Waals surface area contributed by atoms with Gasteiger partial charge in [-0.3, -0.25) is 0 Å². The normalized spacial score (nSPS) is 15.2. The lowest BCUT2D eigenvalue weighted by Gasteiger charge is -2.29. The summed E-state index contributed by atoms with van der Waals surface area (Å²) in [4.78, 5) is 11.7. The molecule has 2 unspecified atom stereocenters. The number of anilines is 1. The molecule has 118 valence electrons. The molecule has 0 bridgehead atoms. The molecule has 1 rings (SSSR count). The van der Waals surface area contributed by atoms with Crippen LogP contribution in [0.25, 0.3) is 0 Å². The van der Waals surface area contributed by atoms with Gasteiger partial charge < -0.3 is 15.7 Å². The first-order valence-electron chi connectivity index (χ1n) is 6.59. The molecule has 0 radical (unpaired) electrons. The highest BCUT2D eigenvalue weighted by molar-refractivity contribution is 6.30. The summed E-state index contributed by atoms with van der Waals surface area (Å²) in [6, 6.07) is 0.990. The smallest absolute Gasteiger partial charge is 0.319 e. The quantitative estimate of drug-likeness (QED) is 0.777. The Morgan fingerprint density at radius 1 is 1.43 bits per heavy atom. The Labute approximate surface area is 127 Å². The van der Waals surface area contributed by atoms with Crippen LogP contribution >= 0.6 is 11.6 Å². The van der Waals surface area contributed by atoms with Crippen molar-refractivity contribution < 1.29 is 18.7 Å². The van der Waals surface area contributed by atoms with Gasteiger partial charge in [-0.1, -0.05) is 31.9 Å². The first kappa shape index (κ1) is 17.7. The predicted octanol–water partition coefficient (Wildman–Crippen LogP) is 3.54. The van der Waals surface area contributed by atoms with E-state index in [4.69, 9.17) is 11.6 Å². The van der Waals surface area contributed by atoms with Gasteiger partial charge in [0.2, 0.25) is 0 Å². The third kappa shape index (κ3) is 4.82. The largest absolute Gasteiger partial charge is 0.388 e. The number of rotatable bonds is 5. The molecule has 0 heterocycles. The second-order valence-electron chi connectivity index (χ2n) is 5.22. The second kappa shape index (κ2) is 7.04. The zero-order valence-corrected chi connectivity index (χ0v) is 12.9. The fourth-order valence-corrected chi connectivity index (χ4v) is 1.88. The number of nitrogens with one attached hydrogen (secondary N) is 2. The van der Waals surface area contributed by atoms with Gasteiger partial charge in [-0.05, 0) is 25.0 Å². The van der Waals surface area contributed by atoms with Crippen LogP contribution in [0.3, 0.4) is 0 Å². The minimum atomic E-state index is -1.11. The first-order chi connectivity index (χ1) is 9.67. The van der Waals surface area contributed by atoms with Crippen molar-refractivity contribution in [1.29, 1.82) is 0 Å². The van der Waals surface area contributed by atoms with Gasteiger partial charge in [-0.25, -0.2) is 13.6 Å². The van der Waals surface area contributed by atoms with Crippen LogP contribution in [-0.2, 0) is 0 Å².